The van der Waals surface area contributed by atoms with E-state index in [1.165, 1.54) is 13.3 Å². The minimum Gasteiger partial charge on any atom is -0.480 e. The van der Waals surface area contributed by atoms with Gasteiger partial charge in [-0.25, -0.2) is 5.10 Å². The summed E-state index contributed by atoms with van der Waals surface area (Å²) in [5.41, 5.74) is -0.260. The van der Waals surface area contributed by atoms with E-state index in [1.54, 1.807) is 12.3 Å². The van der Waals surface area contributed by atoms with E-state index in [9.17, 15) is 4.79 Å². The molecule has 0 unspecified atom stereocenters. The molecule has 0 aliphatic rings. The maximum absolute atomic E-state index is 11.2. The smallest absolute Gasteiger partial charge is 0.273 e. The molecular formula is C8H7N3O2. The number of hydrogen-bond donors (Lipinski definition) is 1. The highest BCUT2D eigenvalue weighted by Crippen LogP contribution is 2.16. The van der Waals surface area contributed by atoms with Crippen LogP contribution in [-0.2, 0) is 0 Å². The number of nitrogens with zero attached hydrogens (tertiary/aromatic N) is 2. The molecule has 0 amide bonds. The summed E-state index contributed by atoms with van der Waals surface area (Å²) in [6.07, 6.45) is 3.07. The third kappa shape index (κ3) is 1.14. The summed E-state index contributed by atoms with van der Waals surface area (Å²) < 4.78 is 4.97. The Balaban J connectivity index is 2.93. The monoisotopic (exact) mass is 177 g/mol. The van der Waals surface area contributed by atoms with Gasteiger partial charge in [0.25, 0.3) is 5.56 Å². The van der Waals surface area contributed by atoms with Crippen molar-refractivity contribution in [1.82, 2.24) is 15.2 Å². The van der Waals surface area contributed by atoms with Gasteiger partial charge in [-0.3, -0.25) is 9.78 Å². The fourth-order valence-corrected chi connectivity index (χ4v) is 1.14. The Hall–Kier alpha value is -1.91. The molecule has 66 valence electrons. The number of fused-ring (bicyclic) bond motifs is 1. The molecule has 2 aromatic heterocycles. The maximum Gasteiger partial charge on any atom is 0.273 e. The van der Waals surface area contributed by atoms with Crippen LogP contribution in [0.5, 0.6) is 5.88 Å². The number of ether oxygens (including phenoxy) is 1. The van der Waals surface area contributed by atoms with Crippen LogP contribution in [0, 0.1) is 0 Å². The topological polar surface area (TPSA) is 67.9 Å². The molecular weight excluding hydrogens is 170 g/mol. The average Bonchev–Trinajstić information content (AvgIpc) is 2.19. The van der Waals surface area contributed by atoms with Crippen molar-refractivity contribution in [3.05, 3.63) is 28.8 Å². The van der Waals surface area contributed by atoms with E-state index in [-0.39, 0.29) is 5.56 Å². The van der Waals surface area contributed by atoms with Crippen LogP contribution in [0.1, 0.15) is 0 Å². The molecule has 0 aromatic carbocycles. The Kier molecular flexibility index (Phi) is 1.70. The van der Waals surface area contributed by atoms with E-state index in [4.69, 9.17) is 4.74 Å². The molecule has 0 aliphatic carbocycles. The van der Waals surface area contributed by atoms with E-state index >= 15 is 0 Å². The van der Waals surface area contributed by atoms with Crippen LogP contribution in [0.3, 0.4) is 0 Å². The number of aromatic amines is 1. The van der Waals surface area contributed by atoms with Gasteiger partial charge in [-0.2, -0.15) is 0 Å². The van der Waals surface area contributed by atoms with Gasteiger partial charge in [0.2, 0.25) is 5.88 Å². The number of H-pyrrole nitrogens is 1. The van der Waals surface area contributed by atoms with Gasteiger partial charge in [-0.1, -0.05) is 0 Å². The average molecular weight is 177 g/mol. The standard InChI is InChI=1S/C8H7N3O2/c1-13-8-5-2-3-9-4-6(5)7(12)10-11-8/h2-4H,1H3,(H,10,12). The van der Waals surface area contributed by atoms with Gasteiger partial charge < -0.3 is 4.74 Å². The molecule has 5 nitrogen and oxygen atoms in total. The normalized spacial score (nSPS) is 10.2. The Morgan fingerprint density at radius 3 is 3.08 bits per heavy atom. The lowest BCUT2D eigenvalue weighted by Gasteiger charge is -2.00. The number of pyridine rings is 1. The second-order valence-electron chi connectivity index (χ2n) is 2.48. The first-order chi connectivity index (χ1) is 6.33. The summed E-state index contributed by atoms with van der Waals surface area (Å²) in [5, 5.41) is 7.21. The third-order valence-electron chi connectivity index (χ3n) is 1.75. The van der Waals surface area contributed by atoms with Gasteiger partial charge in [0.1, 0.15) is 0 Å². The van der Waals surface area contributed by atoms with Crippen molar-refractivity contribution in [3.63, 3.8) is 0 Å². The van der Waals surface area contributed by atoms with Crippen LogP contribution in [0.15, 0.2) is 23.3 Å². The summed E-state index contributed by atoms with van der Waals surface area (Å²) in [6, 6.07) is 1.69. The molecule has 2 aromatic rings. The fraction of sp³-hybridized carbons (Fsp3) is 0.125. The van der Waals surface area contributed by atoms with Gasteiger partial charge >= 0.3 is 0 Å². The van der Waals surface area contributed by atoms with Crippen molar-refractivity contribution in [2.45, 2.75) is 0 Å². The Labute approximate surface area is 73.4 Å². The Morgan fingerprint density at radius 2 is 2.31 bits per heavy atom. The molecule has 1 N–H and O–H groups in total. The molecule has 0 atom stereocenters. The van der Waals surface area contributed by atoms with Crippen LogP contribution in [0.25, 0.3) is 10.8 Å². The lowest BCUT2D eigenvalue weighted by Crippen LogP contribution is -2.09. The number of nitrogens with one attached hydrogen (secondary N) is 1. The molecule has 0 radical (unpaired) electrons. The second-order valence-corrected chi connectivity index (χ2v) is 2.48. The van der Waals surface area contributed by atoms with E-state index in [1.807, 2.05) is 0 Å². The minimum atomic E-state index is -0.260. The third-order valence-corrected chi connectivity index (χ3v) is 1.75. The Bertz CT molecular complexity index is 492. The summed E-state index contributed by atoms with van der Waals surface area (Å²) in [4.78, 5) is 15.1. The number of aromatic nitrogens is 3. The first kappa shape index (κ1) is 7.72. The lowest BCUT2D eigenvalue weighted by molar-refractivity contribution is 0.397. The first-order valence-corrected chi connectivity index (χ1v) is 3.69. The summed E-state index contributed by atoms with van der Waals surface area (Å²) >= 11 is 0. The van der Waals surface area contributed by atoms with Crippen molar-refractivity contribution in [2.75, 3.05) is 7.11 Å². The highest BCUT2D eigenvalue weighted by Gasteiger charge is 2.04. The SMILES string of the molecule is COc1n[nH]c(=O)c2cnccc12. The van der Waals surface area contributed by atoms with Crippen LogP contribution in [-0.4, -0.2) is 22.3 Å². The Morgan fingerprint density at radius 1 is 1.46 bits per heavy atom. The zero-order valence-corrected chi connectivity index (χ0v) is 6.94. The molecule has 0 saturated heterocycles. The van der Waals surface area contributed by atoms with Gasteiger partial charge in [-0.15, -0.1) is 5.10 Å². The highest BCUT2D eigenvalue weighted by molar-refractivity contribution is 5.84. The highest BCUT2D eigenvalue weighted by atomic mass is 16.5. The summed E-state index contributed by atoms with van der Waals surface area (Å²) in [7, 11) is 1.50. The number of hydrogen-bond acceptors (Lipinski definition) is 4. The molecule has 0 spiro atoms. The molecule has 0 aliphatic heterocycles. The molecule has 0 fully saturated rings. The largest absolute Gasteiger partial charge is 0.480 e. The van der Waals surface area contributed by atoms with E-state index in [2.05, 4.69) is 15.2 Å². The van der Waals surface area contributed by atoms with Gasteiger partial charge in [0.15, 0.2) is 0 Å². The molecule has 0 bridgehead atoms. The fourth-order valence-electron chi connectivity index (χ4n) is 1.14. The van der Waals surface area contributed by atoms with Crippen molar-refractivity contribution in [1.29, 1.82) is 0 Å². The lowest BCUT2D eigenvalue weighted by atomic mass is 10.2. The van der Waals surface area contributed by atoms with Crippen molar-refractivity contribution >= 4 is 10.8 Å². The van der Waals surface area contributed by atoms with Crippen molar-refractivity contribution in [3.8, 4) is 5.88 Å². The molecule has 13 heavy (non-hydrogen) atoms. The zero-order valence-electron chi connectivity index (χ0n) is 6.94. The van der Waals surface area contributed by atoms with Gasteiger partial charge in [0.05, 0.1) is 17.9 Å². The maximum atomic E-state index is 11.2. The number of rotatable bonds is 1. The zero-order chi connectivity index (χ0) is 9.26. The first-order valence-electron chi connectivity index (χ1n) is 3.69. The van der Waals surface area contributed by atoms with Gasteiger partial charge in [0, 0.05) is 12.4 Å². The number of methoxy groups -OCH3 is 1. The van der Waals surface area contributed by atoms with E-state index in [0.717, 1.165) is 0 Å². The van der Waals surface area contributed by atoms with E-state index in [0.29, 0.717) is 16.7 Å². The van der Waals surface area contributed by atoms with Crippen LogP contribution < -0.4 is 10.3 Å². The summed E-state index contributed by atoms with van der Waals surface area (Å²) in [5.74, 6) is 0.400. The quantitative estimate of drug-likeness (QED) is 0.681. The van der Waals surface area contributed by atoms with Crippen LogP contribution in [0.4, 0.5) is 0 Å². The predicted molar refractivity (Wildman–Crippen MR) is 46.7 cm³/mol. The van der Waals surface area contributed by atoms with Crippen LogP contribution in [0.2, 0.25) is 0 Å². The predicted octanol–water partition coefficient (Wildman–Crippen LogP) is 0.327. The molecule has 0 saturated carbocycles. The minimum absolute atomic E-state index is 0.260. The van der Waals surface area contributed by atoms with Crippen molar-refractivity contribution < 1.29 is 4.74 Å². The van der Waals surface area contributed by atoms with Crippen molar-refractivity contribution in [2.24, 2.45) is 0 Å². The summed E-state index contributed by atoms with van der Waals surface area (Å²) in [6.45, 7) is 0. The molecule has 2 heterocycles. The molecule has 2 rings (SSSR count). The van der Waals surface area contributed by atoms with Gasteiger partial charge in [-0.05, 0) is 6.07 Å². The second kappa shape index (κ2) is 2.85. The van der Waals surface area contributed by atoms with E-state index < -0.39 is 0 Å². The van der Waals surface area contributed by atoms with Crippen LogP contribution >= 0.6 is 0 Å². The molecule has 5 heteroatoms.